The van der Waals surface area contributed by atoms with Crippen molar-refractivity contribution in [1.29, 1.82) is 0 Å². The van der Waals surface area contributed by atoms with Crippen molar-refractivity contribution in [3.63, 3.8) is 0 Å². The van der Waals surface area contributed by atoms with E-state index in [1.165, 1.54) is 38.8 Å². The van der Waals surface area contributed by atoms with Crippen LogP contribution in [0.25, 0.3) is 0 Å². The fraction of sp³-hybridized carbons (Fsp3) is 0.714. The van der Waals surface area contributed by atoms with Gasteiger partial charge in [-0.1, -0.05) is 18.2 Å². The smallest absolute Gasteiger partial charge is 0.0364 e. The van der Waals surface area contributed by atoms with Gasteiger partial charge >= 0.3 is 0 Å². The van der Waals surface area contributed by atoms with E-state index < -0.39 is 0 Å². The van der Waals surface area contributed by atoms with E-state index in [-0.39, 0.29) is 0 Å². The molecule has 5 fully saturated rings. The second-order valence-corrected chi connectivity index (χ2v) is 9.54. The van der Waals surface area contributed by atoms with Gasteiger partial charge in [0.1, 0.15) is 0 Å². The second kappa shape index (κ2) is 4.25. The van der Waals surface area contributed by atoms with Crippen LogP contribution in [-0.4, -0.2) is 25.2 Å². The number of hydrogen-bond acceptors (Lipinski definition) is 3. The third-order valence-electron chi connectivity index (χ3n) is 8.92. The molecule has 7 aliphatic rings. The minimum Gasteiger partial charge on any atom is -0.313 e. The van der Waals surface area contributed by atoms with Crippen LogP contribution in [0.4, 0.5) is 0 Å². The summed E-state index contributed by atoms with van der Waals surface area (Å²) in [4.78, 5) is 0. The summed E-state index contributed by atoms with van der Waals surface area (Å²) in [6.45, 7) is 3.63. The molecule has 3 N–H and O–H groups in total. The van der Waals surface area contributed by atoms with Crippen molar-refractivity contribution < 1.29 is 0 Å². The lowest BCUT2D eigenvalue weighted by Crippen LogP contribution is -2.62. The van der Waals surface area contributed by atoms with Crippen LogP contribution in [0.1, 0.15) is 54.3 Å². The fourth-order valence-electron chi connectivity index (χ4n) is 8.29. The first-order chi connectivity index (χ1) is 11.9. The summed E-state index contributed by atoms with van der Waals surface area (Å²) in [6.07, 6.45) is 5.68. The number of hydrogen-bond donors (Lipinski definition) is 3. The molecule has 0 aromatic heterocycles. The zero-order chi connectivity index (χ0) is 15.5. The molecule has 2 saturated carbocycles. The van der Waals surface area contributed by atoms with E-state index in [9.17, 15) is 0 Å². The maximum Gasteiger partial charge on any atom is 0.0364 e. The van der Waals surface area contributed by atoms with E-state index >= 15 is 0 Å². The molecular formula is C21H27N3. The molecule has 8 atom stereocenters. The van der Waals surface area contributed by atoms with Gasteiger partial charge in [0.15, 0.2) is 0 Å². The highest BCUT2D eigenvalue weighted by molar-refractivity contribution is 5.47. The van der Waals surface area contributed by atoms with Crippen molar-refractivity contribution in [2.45, 2.75) is 56.3 Å². The van der Waals surface area contributed by atoms with E-state index in [1.807, 2.05) is 0 Å². The molecule has 8 rings (SSSR count). The fourth-order valence-corrected chi connectivity index (χ4v) is 8.29. The minimum absolute atomic E-state index is 0.521. The van der Waals surface area contributed by atoms with Gasteiger partial charge < -0.3 is 16.0 Å². The van der Waals surface area contributed by atoms with E-state index in [1.54, 1.807) is 16.7 Å². The van der Waals surface area contributed by atoms with Gasteiger partial charge in [-0.2, -0.15) is 0 Å². The predicted molar refractivity (Wildman–Crippen MR) is 93.7 cm³/mol. The van der Waals surface area contributed by atoms with Gasteiger partial charge in [0, 0.05) is 31.2 Å². The van der Waals surface area contributed by atoms with E-state index in [0.29, 0.717) is 11.5 Å². The Hall–Kier alpha value is -0.900. The Bertz CT molecular complexity index is 722. The molecule has 3 nitrogen and oxygen atoms in total. The number of rotatable bonds is 0. The molecule has 0 amide bonds. The lowest BCUT2D eigenvalue weighted by atomic mass is 9.53. The Kier molecular flexibility index (Phi) is 2.36. The summed E-state index contributed by atoms with van der Waals surface area (Å²) in [5.41, 5.74) is 5.61. The van der Waals surface area contributed by atoms with E-state index in [2.05, 4.69) is 34.1 Å². The molecule has 8 unspecified atom stereocenters. The molecule has 1 aromatic rings. The molecule has 3 heteroatoms. The van der Waals surface area contributed by atoms with Gasteiger partial charge in [-0.3, -0.25) is 0 Å². The zero-order valence-corrected chi connectivity index (χ0v) is 14.2. The highest BCUT2D eigenvalue weighted by Gasteiger charge is 2.65. The van der Waals surface area contributed by atoms with Crippen LogP contribution in [0.5, 0.6) is 0 Å². The van der Waals surface area contributed by atoms with Gasteiger partial charge in [0.2, 0.25) is 0 Å². The Labute approximate surface area is 144 Å². The topological polar surface area (TPSA) is 36.1 Å². The average Bonchev–Trinajstić information content (AvgIpc) is 3.32. The maximum absolute atomic E-state index is 3.98. The van der Waals surface area contributed by atoms with Gasteiger partial charge in [-0.05, 0) is 78.0 Å². The normalized spacial score (nSPS) is 52.8. The zero-order valence-electron chi connectivity index (χ0n) is 14.2. The van der Waals surface area contributed by atoms with Crippen molar-refractivity contribution >= 4 is 0 Å². The van der Waals surface area contributed by atoms with Crippen molar-refractivity contribution in [3.05, 3.63) is 34.9 Å². The predicted octanol–water partition coefficient (Wildman–Crippen LogP) is 2.29. The van der Waals surface area contributed by atoms with Gasteiger partial charge in [-0.15, -0.1) is 0 Å². The molecule has 1 spiro atoms. The summed E-state index contributed by atoms with van der Waals surface area (Å²) in [5.74, 6) is 3.41. The Morgan fingerprint density at radius 1 is 1.08 bits per heavy atom. The molecule has 4 heterocycles. The maximum atomic E-state index is 3.98. The summed E-state index contributed by atoms with van der Waals surface area (Å²) in [7, 11) is 0. The van der Waals surface area contributed by atoms with Crippen LogP contribution in [0, 0.1) is 23.2 Å². The molecule has 126 valence electrons. The highest BCUT2D eigenvalue weighted by Crippen LogP contribution is 2.67. The van der Waals surface area contributed by atoms with Crippen molar-refractivity contribution in [2.75, 3.05) is 13.1 Å². The van der Waals surface area contributed by atoms with Crippen LogP contribution >= 0.6 is 0 Å². The standard InChI is InChI=1S/C21H27N3/c1-2-11-9-23-20-17(11)14(3-1)15-6-13-7-21(15,10-24-13)19-16-5-4-12(8-22-16)18(19)20/h1-3,12-13,15-16,18-20,22-24H,4-10H2. The molecule has 4 aliphatic heterocycles. The quantitative estimate of drug-likeness (QED) is 0.686. The summed E-state index contributed by atoms with van der Waals surface area (Å²) in [5, 5.41) is 11.8. The van der Waals surface area contributed by atoms with Crippen molar-refractivity contribution in [2.24, 2.45) is 23.2 Å². The Morgan fingerprint density at radius 2 is 2.08 bits per heavy atom. The van der Waals surface area contributed by atoms with Gasteiger partial charge in [-0.25, -0.2) is 0 Å². The van der Waals surface area contributed by atoms with Crippen molar-refractivity contribution in [3.8, 4) is 0 Å². The molecule has 24 heavy (non-hydrogen) atoms. The molecular weight excluding hydrogens is 294 g/mol. The van der Waals surface area contributed by atoms with Gasteiger partial charge in [0.25, 0.3) is 0 Å². The van der Waals surface area contributed by atoms with E-state index in [0.717, 1.165) is 42.3 Å². The summed E-state index contributed by atoms with van der Waals surface area (Å²) >= 11 is 0. The number of fused-ring (bicyclic) bond motifs is 4. The second-order valence-electron chi connectivity index (χ2n) is 9.54. The molecule has 0 radical (unpaired) electrons. The van der Waals surface area contributed by atoms with Crippen LogP contribution in [0.2, 0.25) is 0 Å². The Balaban J connectivity index is 1.52. The molecule has 3 saturated heterocycles. The average molecular weight is 321 g/mol. The number of benzene rings is 1. The van der Waals surface area contributed by atoms with Crippen LogP contribution in [0.3, 0.4) is 0 Å². The number of piperidine rings is 3. The molecule has 1 aromatic carbocycles. The highest BCUT2D eigenvalue weighted by atomic mass is 15.1. The number of nitrogens with one attached hydrogen (secondary N) is 3. The summed E-state index contributed by atoms with van der Waals surface area (Å²) < 4.78 is 0. The Morgan fingerprint density at radius 3 is 2.96 bits per heavy atom. The first-order valence-corrected chi connectivity index (χ1v) is 10.2. The molecule has 3 aliphatic carbocycles. The van der Waals surface area contributed by atoms with Crippen LogP contribution in [-0.2, 0) is 6.54 Å². The van der Waals surface area contributed by atoms with E-state index in [4.69, 9.17) is 0 Å². The SMILES string of the molecule is c1cc2c3c(c1)C1CC4CC1(CN4)C1C4CCC(CN4)C1C3NC2. The lowest BCUT2D eigenvalue weighted by Gasteiger charge is -2.57. The summed E-state index contributed by atoms with van der Waals surface area (Å²) in [6, 6.07) is 9.41. The van der Waals surface area contributed by atoms with Crippen molar-refractivity contribution in [1.82, 2.24) is 16.0 Å². The van der Waals surface area contributed by atoms with Crippen LogP contribution in [0.15, 0.2) is 18.2 Å². The minimum atomic E-state index is 0.521. The third kappa shape index (κ3) is 1.36. The monoisotopic (exact) mass is 321 g/mol. The van der Waals surface area contributed by atoms with Crippen LogP contribution < -0.4 is 16.0 Å². The van der Waals surface area contributed by atoms with Gasteiger partial charge in [0.05, 0.1) is 0 Å². The third-order valence-corrected chi connectivity index (χ3v) is 8.92. The largest absolute Gasteiger partial charge is 0.313 e. The molecule has 4 bridgehead atoms. The first kappa shape index (κ1) is 13.3. The first-order valence-electron chi connectivity index (χ1n) is 10.2. The lowest BCUT2D eigenvalue weighted by molar-refractivity contribution is -0.0430.